The van der Waals surface area contributed by atoms with Crippen molar-refractivity contribution < 1.29 is 14.0 Å². The van der Waals surface area contributed by atoms with Crippen molar-refractivity contribution in [2.75, 3.05) is 12.8 Å². The molecule has 0 fully saturated rings. The lowest BCUT2D eigenvalue weighted by atomic mass is 10.1. The van der Waals surface area contributed by atoms with E-state index in [9.17, 15) is 14.0 Å². The zero-order valence-electron chi connectivity index (χ0n) is 15.2. The summed E-state index contributed by atoms with van der Waals surface area (Å²) in [6, 6.07) is 13.3. The summed E-state index contributed by atoms with van der Waals surface area (Å²) >= 11 is 4.90. The minimum atomic E-state index is -0.610. The molecular formula is C20H22BrFN2O2S. The molecule has 0 aliphatic carbocycles. The van der Waals surface area contributed by atoms with Crippen molar-refractivity contribution in [2.45, 2.75) is 25.3 Å². The number of thioether (sulfide) groups is 1. The Hall–Kier alpha value is -1.86. The molecular weight excluding hydrogens is 431 g/mol. The van der Waals surface area contributed by atoms with Crippen molar-refractivity contribution in [2.24, 2.45) is 0 Å². The standard InChI is InChI=1S/C20H22BrFN2O2S/c1-14(20(26)23-2)24(11-15-5-9-18(22)10-6-15)19(25)13-27-12-16-3-7-17(21)8-4-16/h3-10,14H,11-13H2,1-2H3,(H,23,26)/t14-/m0/s1. The van der Waals surface area contributed by atoms with Gasteiger partial charge in [-0.05, 0) is 42.3 Å². The molecule has 0 unspecified atom stereocenters. The predicted octanol–water partition coefficient (Wildman–Crippen LogP) is 3.98. The van der Waals surface area contributed by atoms with Crippen LogP contribution < -0.4 is 5.32 Å². The van der Waals surface area contributed by atoms with E-state index in [-0.39, 0.29) is 29.9 Å². The van der Waals surface area contributed by atoms with Crippen LogP contribution in [0.2, 0.25) is 0 Å². The van der Waals surface area contributed by atoms with Crippen LogP contribution in [0.3, 0.4) is 0 Å². The molecule has 2 aromatic carbocycles. The van der Waals surface area contributed by atoms with E-state index in [1.54, 1.807) is 26.1 Å². The highest BCUT2D eigenvalue weighted by molar-refractivity contribution is 9.10. The molecule has 0 saturated carbocycles. The maximum Gasteiger partial charge on any atom is 0.242 e. The predicted molar refractivity (Wildman–Crippen MR) is 111 cm³/mol. The van der Waals surface area contributed by atoms with Crippen molar-refractivity contribution in [1.29, 1.82) is 0 Å². The van der Waals surface area contributed by atoms with Gasteiger partial charge in [0.1, 0.15) is 11.9 Å². The van der Waals surface area contributed by atoms with Crippen LogP contribution in [0.15, 0.2) is 53.0 Å². The van der Waals surface area contributed by atoms with Gasteiger partial charge in [-0.2, -0.15) is 0 Å². The molecule has 2 rings (SSSR count). The van der Waals surface area contributed by atoms with E-state index in [0.29, 0.717) is 5.75 Å². The average molecular weight is 453 g/mol. The molecule has 1 N–H and O–H groups in total. The third kappa shape index (κ3) is 6.66. The number of benzene rings is 2. The summed E-state index contributed by atoms with van der Waals surface area (Å²) in [6.45, 7) is 1.95. The second-order valence-corrected chi connectivity index (χ2v) is 7.96. The lowest BCUT2D eigenvalue weighted by molar-refractivity contribution is -0.138. The van der Waals surface area contributed by atoms with Crippen molar-refractivity contribution in [3.63, 3.8) is 0 Å². The molecule has 0 heterocycles. The minimum Gasteiger partial charge on any atom is -0.357 e. The number of hydrogen-bond acceptors (Lipinski definition) is 3. The Morgan fingerprint density at radius 3 is 2.30 bits per heavy atom. The lowest BCUT2D eigenvalue weighted by Crippen LogP contribution is -2.47. The fourth-order valence-corrected chi connectivity index (χ4v) is 3.63. The fraction of sp³-hybridized carbons (Fsp3) is 0.300. The van der Waals surface area contributed by atoms with Gasteiger partial charge >= 0.3 is 0 Å². The molecule has 7 heteroatoms. The smallest absolute Gasteiger partial charge is 0.242 e. The van der Waals surface area contributed by atoms with Crippen LogP contribution in [0.25, 0.3) is 0 Å². The number of halogens is 2. The molecule has 27 heavy (non-hydrogen) atoms. The Bertz CT molecular complexity index is 769. The van der Waals surface area contributed by atoms with Crippen molar-refractivity contribution in [3.05, 3.63) is 69.9 Å². The van der Waals surface area contributed by atoms with Gasteiger partial charge in [0.05, 0.1) is 5.75 Å². The number of amides is 2. The summed E-state index contributed by atoms with van der Waals surface area (Å²) in [5, 5.41) is 2.58. The Labute approximate surface area is 171 Å². The molecule has 0 saturated heterocycles. The first kappa shape index (κ1) is 21.4. The Kier molecular flexibility index (Phi) is 8.31. The number of hydrogen-bond donors (Lipinski definition) is 1. The molecule has 2 aromatic rings. The summed E-state index contributed by atoms with van der Waals surface area (Å²) < 4.78 is 14.1. The second-order valence-electron chi connectivity index (χ2n) is 6.06. The SMILES string of the molecule is CNC(=O)[C@H](C)N(Cc1ccc(F)cc1)C(=O)CSCc1ccc(Br)cc1. The zero-order valence-corrected chi connectivity index (χ0v) is 17.6. The number of nitrogens with zero attached hydrogens (tertiary/aromatic N) is 1. The Morgan fingerprint density at radius 1 is 1.11 bits per heavy atom. The third-order valence-corrected chi connectivity index (χ3v) is 5.60. The summed E-state index contributed by atoms with van der Waals surface area (Å²) in [6.07, 6.45) is 0. The average Bonchev–Trinajstić information content (AvgIpc) is 2.67. The van der Waals surface area contributed by atoms with Crippen LogP contribution in [0.5, 0.6) is 0 Å². The Morgan fingerprint density at radius 2 is 1.70 bits per heavy atom. The molecule has 0 spiro atoms. The minimum absolute atomic E-state index is 0.127. The normalized spacial score (nSPS) is 11.7. The molecule has 0 radical (unpaired) electrons. The van der Waals surface area contributed by atoms with Gasteiger partial charge in [-0.1, -0.05) is 40.2 Å². The van der Waals surface area contributed by atoms with Crippen molar-refractivity contribution >= 4 is 39.5 Å². The van der Waals surface area contributed by atoms with Gasteiger partial charge in [0.25, 0.3) is 0 Å². The number of carbonyl (C=O) groups is 2. The van der Waals surface area contributed by atoms with Crippen molar-refractivity contribution in [1.82, 2.24) is 10.2 Å². The van der Waals surface area contributed by atoms with Crippen molar-refractivity contribution in [3.8, 4) is 0 Å². The van der Waals surface area contributed by atoms with Gasteiger partial charge < -0.3 is 10.2 Å². The highest BCUT2D eigenvalue weighted by Crippen LogP contribution is 2.18. The molecule has 0 aromatic heterocycles. The molecule has 0 bridgehead atoms. The van der Waals surface area contributed by atoms with E-state index in [1.807, 2.05) is 24.3 Å². The van der Waals surface area contributed by atoms with Gasteiger partial charge in [0, 0.05) is 23.8 Å². The molecule has 1 atom stereocenters. The van der Waals surface area contributed by atoms with E-state index < -0.39 is 6.04 Å². The summed E-state index contributed by atoms with van der Waals surface area (Å²) in [7, 11) is 1.54. The Balaban J connectivity index is 2.02. The van der Waals surface area contributed by atoms with E-state index >= 15 is 0 Å². The number of carbonyl (C=O) groups excluding carboxylic acids is 2. The van der Waals surface area contributed by atoms with Gasteiger partial charge in [-0.15, -0.1) is 11.8 Å². The molecule has 0 aliphatic heterocycles. The van der Waals surface area contributed by atoms with Crippen LogP contribution in [-0.4, -0.2) is 35.6 Å². The molecule has 4 nitrogen and oxygen atoms in total. The lowest BCUT2D eigenvalue weighted by Gasteiger charge is -2.28. The summed E-state index contributed by atoms with van der Waals surface area (Å²) in [4.78, 5) is 26.3. The van der Waals surface area contributed by atoms with Crippen LogP contribution in [0.4, 0.5) is 4.39 Å². The van der Waals surface area contributed by atoms with Crippen LogP contribution >= 0.6 is 27.7 Å². The first-order valence-corrected chi connectivity index (χ1v) is 10.4. The largest absolute Gasteiger partial charge is 0.357 e. The van der Waals surface area contributed by atoms with E-state index in [1.165, 1.54) is 28.8 Å². The van der Waals surface area contributed by atoms with Gasteiger partial charge in [-0.3, -0.25) is 9.59 Å². The molecule has 144 valence electrons. The first-order chi connectivity index (χ1) is 12.9. The number of nitrogens with one attached hydrogen (secondary N) is 1. The second kappa shape index (κ2) is 10.5. The van der Waals surface area contributed by atoms with Gasteiger partial charge in [0.15, 0.2) is 0 Å². The van der Waals surface area contributed by atoms with E-state index in [0.717, 1.165) is 15.6 Å². The van der Waals surface area contributed by atoms with E-state index in [2.05, 4.69) is 21.2 Å². The quantitative estimate of drug-likeness (QED) is 0.658. The summed E-state index contributed by atoms with van der Waals surface area (Å²) in [5.41, 5.74) is 1.90. The number of rotatable bonds is 8. The maximum atomic E-state index is 13.1. The molecule has 0 aliphatic rings. The third-order valence-electron chi connectivity index (χ3n) is 4.09. The topological polar surface area (TPSA) is 49.4 Å². The highest BCUT2D eigenvalue weighted by Gasteiger charge is 2.25. The van der Waals surface area contributed by atoms with Crippen LogP contribution in [-0.2, 0) is 21.9 Å². The molecule has 2 amide bonds. The van der Waals surface area contributed by atoms with Crippen LogP contribution in [0.1, 0.15) is 18.1 Å². The van der Waals surface area contributed by atoms with Gasteiger partial charge in [0.2, 0.25) is 11.8 Å². The van der Waals surface area contributed by atoms with E-state index in [4.69, 9.17) is 0 Å². The number of likely N-dealkylation sites (N-methyl/N-ethyl adjacent to an activating group) is 1. The highest BCUT2D eigenvalue weighted by atomic mass is 79.9. The zero-order chi connectivity index (χ0) is 19.8. The van der Waals surface area contributed by atoms with Crippen LogP contribution in [0, 0.1) is 5.82 Å². The summed E-state index contributed by atoms with van der Waals surface area (Å²) in [5.74, 6) is 0.276. The maximum absolute atomic E-state index is 13.1. The monoisotopic (exact) mass is 452 g/mol. The first-order valence-electron chi connectivity index (χ1n) is 8.48. The van der Waals surface area contributed by atoms with Gasteiger partial charge in [-0.25, -0.2) is 4.39 Å². The fourth-order valence-electron chi connectivity index (χ4n) is 2.50.